The first-order valence-electron chi connectivity index (χ1n) is 10.3. The maximum atomic E-state index is 12.7. The Balaban J connectivity index is 1.67. The molecule has 3 rings (SSSR count). The largest absolute Gasteiger partial charge is 0.497 e. The molecule has 2 N–H and O–H groups in total. The number of hydrogen-bond acceptors (Lipinski definition) is 5. The predicted octanol–water partition coefficient (Wildman–Crippen LogP) is 4.56. The van der Waals surface area contributed by atoms with Gasteiger partial charge in [0.1, 0.15) is 5.75 Å². The summed E-state index contributed by atoms with van der Waals surface area (Å²) in [5, 5.41) is 3.98. The molecule has 33 heavy (non-hydrogen) atoms. The first-order valence-corrected chi connectivity index (χ1v) is 11.8. The molecule has 0 heterocycles. The fourth-order valence-electron chi connectivity index (χ4n) is 2.98. The van der Waals surface area contributed by atoms with Crippen LogP contribution in [0.3, 0.4) is 0 Å². The lowest BCUT2D eigenvalue weighted by molar-refractivity contribution is 0.0955. The lowest BCUT2D eigenvalue weighted by Crippen LogP contribution is -2.19. The summed E-state index contributed by atoms with van der Waals surface area (Å²) >= 11 is 0. The fourth-order valence-corrected chi connectivity index (χ4v) is 4.08. The van der Waals surface area contributed by atoms with Crippen LogP contribution >= 0.6 is 0 Å². The highest BCUT2D eigenvalue weighted by atomic mass is 32.2. The summed E-state index contributed by atoms with van der Waals surface area (Å²) in [4.78, 5) is 12.4. The third-order valence-electron chi connectivity index (χ3n) is 4.91. The number of methoxy groups -OCH3 is 1. The number of rotatable bonds is 7. The van der Waals surface area contributed by atoms with Crippen LogP contribution in [-0.2, 0) is 15.4 Å². The summed E-state index contributed by atoms with van der Waals surface area (Å²) in [7, 11) is -2.35. The number of amides is 1. The van der Waals surface area contributed by atoms with Crippen molar-refractivity contribution in [2.45, 2.75) is 31.1 Å². The Morgan fingerprint density at radius 1 is 0.970 bits per heavy atom. The van der Waals surface area contributed by atoms with Crippen molar-refractivity contribution in [2.24, 2.45) is 5.10 Å². The third-order valence-corrected chi connectivity index (χ3v) is 6.28. The monoisotopic (exact) mass is 465 g/mol. The molecule has 0 saturated carbocycles. The van der Waals surface area contributed by atoms with E-state index in [1.165, 1.54) is 43.2 Å². The SMILES string of the molecule is COc1ccc(NS(=O)(=O)c2cccc(C(=O)NN=Cc3ccc(C(C)(C)C)cc3)c2)cc1. The summed E-state index contributed by atoms with van der Waals surface area (Å²) < 4.78 is 33.0. The molecule has 1 amide bonds. The average Bonchev–Trinajstić information content (AvgIpc) is 2.79. The first-order chi connectivity index (χ1) is 15.6. The predicted molar refractivity (Wildman–Crippen MR) is 130 cm³/mol. The van der Waals surface area contributed by atoms with Gasteiger partial charge in [0.2, 0.25) is 0 Å². The van der Waals surface area contributed by atoms with Crippen LogP contribution in [0.2, 0.25) is 0 Å². The first kappa shape index (κ1) is 24.0. The lowest BCUT2D eigenvalue weighted by atomic mass is 9.87. The molecular formula is C25H27N3O4S. The van der Waals surface area contributed by atoms with Crippen molar-refractivity contribution >= 4 is 27.8 Å². The highest BCUT2D eigenvalue weighted by molar-refractivity contribution is 7.92. The second-order valence-corrected chi connectivity index (χ2v) is 10.1. The van der Waals surface area contributed by atoms with Gasteiger partial charge in [0.05, 0.1) is 18.2 Å². The van der Waals surface area contributed by atoms with E-state index in [9.17, 15) is 13.2 Å². The fraction of sp³-hybridized carbons (Fsp3) is 0.200. The van der Waals surface area contributed by atoms with Crippen molar-refractivity contribution in [3.63, 3.8) is 0 Å². The van der Waals surface area contributed by atoms with Crippen molar-refractivity contribution in [1.82, 2.24) is 5.43 Å². The molecule has 0 spiro atoms. The van der Waals surface area contributed by atoms with E-state index in [-0.39, 0.29) is 15.9 Å². The summed E-state index contributed by atoms with van der Waals surface area (Å²) in [6.45, 7) is 6.41. The smallest absolute Gasteiger partial charge is 0.271 e. The maximum Gasteiger partial charge on any atom is 0.271 e. The molecule has 0 radical (unpaired) electrons. The van der Waals surface area contributed by atoms with E-state index in [1.807, 2.05) is 24.3 Å². The Labute approximate surface area is 194 Å². The van der Waals surface area contributed by atoms with Gasteiger partial charge in [0, 0.05) is 11.3 Å². The van der Waals surface area contributed by atoms with Crippen LogP contribution in [-0.4, -0.2) is 27.6 Å². The number of benzene rings is 3. The Kier molecular flexibility index (Phi) is 7.18. The van der Waals surface area contributed by atoms with Crippen molar-refractivity contribution in [3.05, 3.63) is 89.5 Å². The minimum Gasteiger partial charge on any atom is -0.497 e. The minimum atomic E-state index is -3.88. The molecule has 3 aromatic carbocycles. The van der Waals surface area contributed by atoms with Crippen LogP contribution < -0.4 is 14.9 Å². The molecule has 0 bridgehead atoms. The Morgan fingerprint density at radius 3 is 2.24 bits per heavy atom. The van der Waals surface area contributed by atoms with Gasteiger partial charge in [-0.15, -0.1) is 0 Å². The van der Waals surface area contributed by atoms with Crippen molar-refractivity contribution < 1.29 is 17.9 Å². The van der Waals surface area contributed by atoms with Crippen LogP contribution in [0.15, 0.2) is 82.8 Å². The van der Waals surface area contributed by atoms with Crippen molar-refractivity contribution in [1.29, 1.82) is 0 Å². The van der Waals surface area contributed by atoms with Gasteiger partial charge in [0.25, 0.3) is 15.9 Å². The molecule has 0 fully saturated rings. The van der Waals surface area contributed by atoms with Crippen molar-refractivity contribution in [3.8, 4) is 5.75 Å². The topological polar surface area (TPSA) is 96.9 Å². The normalized spacial score (nSPS) is 11.9. The van der Waals surface area contributed by atoms with Crippen molar-refractivity contribution in [2.75, 3.05) is 11.8 Å². The highest BCUT2D eigenvalue weighted by Crippen LogP contribution is 2.22. The minimum absolute atomic E-state index is 0.0345. The number of ether oxygens (including phenoxy) is 1. The molecule has 8 heteroatoms. The molecule has 0 aliphatic heterocycles. The Morgan fingerprint density at radius 2 is 1.64 bits per heavy atom. The van der Waals surface area contributed by atoms with Gasteiger partial charge in [-0.05, 0) is 59.0 Å². The van der Waals surface area contributed by atoms with Gasteiger partial charge < -0.3 is 4.74 Å². The van der Waals surface area contributed by atoms with E-state index in [0.29, 0.717) is 11.4 Å². The molecule has 0 aliphatic rings. The molecular weight excluding hydrogens is 438 g/mol. The molecule has 0 unspecified atom stereocenters. The summed E-state index contributed by atoms with van der Waals surface area (Å²) in [5.41, 5.74) is 5.08. The van der Waals surface area contributed by atoms with Crippen LogP contribution in [0.25, 0.3) is 0 Å². The molecule has 0 aliphatic carbocycles. The van der Waals surface area contributed by atoms with Crippen LogP contribution in [0, 0.1) is 0 Å². The lowest BCUT2D eigenvalue weighted by Gasteiger charge is -2.18. The number of carbonyl (C=O) groups is 1. The van der Waals surface area contributed by atoms with Gasteiger partial charge in [-0.25, -0.2) is 13.8 Å². The zero-order valence-corrected chi connectivity index (χ0v) is 19.8. The van der Waals surface area contributed by atoms with Gasteiger partial charge >= 0.3 is 0 Å². The summed E-state index contributed by atoms with van der Waals surface area (Å²) in [5.74, 6) is 0.0985. The molecule has 172 valence electrons. The average molecular weight is 466 g/mol. The van der Waals surface area contributed by atoms with E-state index in [1.54, 1.807) is 24.3 Å². The maximum absolute atomic E-state index is 12.7. The Bertz CT molecular complexity index is 1240. The third kappa shape index (κ3) is 6.43. The second kappa shape index (κ2) is 9.87. The zero-order chi connectivity index (χ0) is 24.1. The summed E-state index contributed by atoms with van der Waals surface area (Å²) in [6.07, 6.45) is 1.54. The van der Waals surface area contributed by atoms with Gasteiger partial charge in [-0.1, -0.05) is 51.1 Å². The van der Waals surface area contributed by atoms with Gasteiger partial charge in [-0.3, -0.25) is 9.52 Å². The number of nitrogens with one attached hydrogen (secondary N) is 2. The molecule has 7 nitrogen and oxygen atoms in total. The molecule has 0 aromatic heterocycles. The molecule has 0 saturated heterocycles. The number of sulfonamides is 1. The van der Waals surface area contributed by atoms with E-state index in [0.717, 1.165) is 5.56 Å². The molecule has 0 atom stereocenters. The quantitative estimate of drug-likeness (QED) is 0.395. The highest BCUT2D eigenvalue weighted by Gasteiger charge is 2.17. The molecule has 3 aromatic rings. The number of hydrogen-bond donors (Lipinski definition) is 2. The zero-order valence-electron chi connectivity index (χ0n) is 19.0. The van der Waals surface area contributed by atoms with Gasteiger partial charge in [-0.2, -0.15) is 5.10 Å². The number of hydrazone groups is 1. The Hall–Kier alpha value is -3.65. The number of carbonyl (C=O) groups excluding carboxylic acids is 1. The van der Waals surface area contributed by atoms with Crippen LogP contribution in [0.1, 0.15) is 42.3 Å². The standard InChI is InChI=1S/C25H27N3O4S/c1-25(2,3)20-10-8-18(9-11-20)17-26-27-24(29)19-6-5-7-23(16-19)33(30,31)28-21-12-14-22(32-4)15-13-21/h5-17,28H,1-4H3,(H,27,29). The van der Waals surface area contributed by atoms with E-state index < -0.39 is 15.9 Å². The second-order valence-electron chi connectivity index (χ2n) is 8.43. The number of nitrogens with zero attached hydrogens (tertiary/aromatic N) is 1. The van der Waals surface area contributed by atoms with Gasteiger partial charge in [0.15, 0.2) is 0 Å². The van der Waals surface area contributed by atoms with Crippen LogP contribution in [0.5, 0.6) is 5.75 Å². The van der Waals surface area contributed by atoms with Crippen LogP contribution in [0.4, 0.5) is 5.69 Å². The number of anilines is 1. The summed E-state index contributed by atoms with van der Waals surface area (Å²) in [6, 6.07) is 20.1. The van der Waals surface area contributed by atoms with E-state index in [4.69, 9.17) is 4.74 Å². The van der Waals surface area contributed by atoms with E-state index >= 15 is 0 Å². The van der Waals surface area contributed by atoms with E-state index in [2.05, 4.69) is 36.0 Å².